The third-order valence-corrected chi connectivity index (χ3v) is 10.0. The van der Waals surface area contributed by atoms with Gasteiger partial charge in [0.05, 0.1) is 6.10 Å². The van der Waals surface area contributed by atoms with E-state index in [0.29, 0.717) is 23.0 Å². The molecule has 0 unspecified atom stereocenters. The second-order valence-corrected chi connectivity index (χ2v) is 13.9. The van der Waals surface area contributed by atoms with E-state index in [1.165, 1.54) is 80.0 Å². The summed E-state index contributed by atoms with van der Waals surface area (Å²) in [6, 6.07) is 11.8. The molecule has 4 radical (unpaired) electrons. The fourth-order valence-electron chi connectivity index (χ4n) is 7.70. The Balaban J connectivity index is -0.000000228. The second-order valence-electron chi connectivity index (χ2n) is 12.9. The molecular formula is C41H72BBrF2OY-. The second kappa shape index (κ2) is 25.8. The van der Waals surface area contributed by atoms with Crippen LogP contribution in [0.4, 0.5) is 8.78 Å². The number of hydrogen-bond donors (Lipinski definition) is 1. The topological polar surface area (TPSA) is 20.2 Å². The summed E-state index contributed by atoms with van der Waals surface area (Å²) in [5.74, 6) is 3.09. The predicted molar refractivity (Wildman–Crippen MR) is 208 cm³/mol. The van der Waals surface area contributed by atoms with Crippen LogP contribution in [0.15, 0.2) is 24.3 Å². The summed E-state index contributed by atoms with van der Waals surface area (Å²) in [6.07, 6.45) is 16.4. The molecule has 3 aliphatic rings. The van der Waals surface area contributed by atoms with Gasteiger partial charge in [0.1, 0.15) is 0 Å². The van der Waals surface area contributed by atoms with Gasteiger partial charge in [-0.25, -0.2) is 0 Å². The van der Waals surface area contributed by atoms with Crippen molar-refractivity contribution >= 4 is 24.3 Å². The van der Waals surface area contributed by atoms with Crippen LogP contribution in [0.5, 0.6) is 0 Å². The fraction of sp³-hybridized carbons (Fsp3) is 0.707. The van der Waals surface area contributed by atoms with Gasteiger partial charge in [-0.3, -0.25) is 0 Å². The van der Waals surface area contributed by atoms with Crippen LogP contribution < -0.4 is 0 Å². The van der Waals surface area contributed by atoms with E-state index in [-0.39, 0.29) is 97.3 Å². The van der Waals surface area contributed by atoms with E-state index in [0.717, 1.165) is 37.5 Å². The number of aliphatic hydroxyl groups excluding tert-OH is 1. The molecule has 270 valence electrons. The van der Waals surface area contributed by atoms with Gasteiger partial charge in [-0.1, -0.05) is 96.2 Å². The van der Waals surface area contributed by atoms with Crippen LogP contribution in [-0.4, -0.2) is 19.6 Å². The Hall–Kier alpha value is -0.0912. The van der Waals surface area contributed by atoms with Crippen LogP contribution in [0.1, 0.15) is 179 Å². The van der Waals surface area contributed by atoms with Gasteiger partial charge < -0.3 is 5.11 Å². The molecule has 3 fully saturated rings. The van der Waals surface area contributed by atoms with Gasteiger partial charge in [-0.2, -0.15) is 43.7 Å². The van der Waals surface area contributed by atoms with E-state index in [1.54, 1.807) is 0 Å². The molecule has 2 aromatic carbocycles. The maximum Gasteiger partial charge on any atom is 0.327 e. The van der Waals surface area contributed by atoms with Crippen molar-refractivity contribution in [3.8, 4) is 0 Å². The normalized spacial score (nSPS) is 21.8. The molecule has 0 spiro atoms. The molecule has 0 saturated heterocycles. The fourth-order valence-corrected chi connectivity index (χ4v) is 8.32. The number of alkyl halides is 3. The summed E-state index contributed by atoms with van der Waals surface area (Å²) in [4.78, 5) is -2.93. The van der Waals surface area contributed by atoms with Gasteiger partial charge in [0.15, 0.2) is 0 Å². The van der Waals surface area contributed by atoms with E-state index in [1.807, 2.05) is 26.0 Å². The summed E-state index contributed by atoms with van der Waals surface area (Å²) in [5.41, 5.74) is 6.73. The molecule has 2 aromatic rings. The molecule has 3 saturated carbocycles. The zero-order valence-corrected chi connectivity index (χ0v) is 30.0. The van der Waals surface area contributed by atoms with Crippen LogP contribution in [0.3, 0.4) is 0 Å². The van der Waals surface area contributed by atoms with Crippen molar-refractivity contribution in [3.63, 3.8) is 0 Å². The minimum Gasteiger partial charge on any atom is -0.393 e. The van der Waals surface area contributed by atoms with E-state index in [4.69, 9.17) is 0 Å². The molecule has 47 heavy (non-hydrogen) atoms. The predicted octanol–water partition coefficient (Wildman–Crippen LogP) is 14.2. The van der Waals surface area contributed by atoms with Crippen molar-refractivity contribution in [1.29, 1.82) is 0 Å². The molecule has 0 bridgehead atoms. The molecule has 0 aromatic heterocycles. The van der Waals surface area contributed by atoms with Crippen molar-refractivity contribution in [2.24, 2.45) is 11.8 Å². The first kappa shape index (κ1) is 56.3. The van der Waals surface area contributed by atoms with Crippen LogP contribution in [0.2, 0.25) is 0 Å². The van der Waals surface area contributed by atoms with Crippen LogP contribution in [0, 0.1) is 45.6 Å². The van der Waals surface area contributed by atoms with E-state index in [9.17, 15) is 13.9 Å². The molecule has 5 rings (SSSR count). The average molecular weight is 799 g/mol. The number of aryl methyl sites for hydroxylation is 4. The quantitative estimate of drug-likeness (QED) is 0.181. The van der Waals surface area contributed by atoms with E-state index >= 15 is 0 Å². The van der Waals surface area contributed by atoms with E-state index < -0.39 is 4.83 Å². The van der Waals surface area contributed by atoms with Gasteiger partial charge in [-0.05, 0) is 128 Å². The molecule has 0 aliphatic heterocycles. The minimum absolute atomic E-state index is 0. The maximum atomic E-state index is 13.7. The standard InChI is InChI=1S/C21H29BrF2.C14H19O.6CH4.B.Y/c1-14-11-19(12-15(2)20(14)21(22,23)24)18-9-7-17(8-10-18)13-16-5-3-4-6-16;1-10-7-11(2)9-13(8-10)12-3-5-14(15)6-4-12;;;;;;;;/h11-12,16-18H,3-10,13H2,1-2H3;8-9,12,14-15H,3-6H2,1-2H3;6*1H4;;/q;-1;;;;;;;;. The molecule has 0 atom stereocenters. The van der Waals surface area contributed by atoms with Crippen molar-refractivity contribution in [1.82, 2.24) is 0 Å². The largest absolute Gasteiger partial charge is 0.393 e. The van der Waals surface area contributed by atoms with Gasteiger partial charge >= 0.3 is 4.83 Å². The maximum absolute atomic E-state index is 13.7. The molecule has 3 aliphatic carbocycles. The van der Waals surface area contributed by atoms with Gasteiger partial charge in [0.25, 0.3) is 0 Å². The zero-order valence-electron chi connectivity index (χ0n) is 25.6. The van der Waals surface area contributed by atoms with Crippen molar-refractivity contribution in [3.05, 3.63) is 69.3 Å². The molecule has 6 heteroatoms. The number of rotatable bonds is 5. The van der Waals surface area contributed by atoms with Crippen LogP contribution in [0.25, 0.3) is 0 Å². The number of halogens is 3. The third-order valence-electron chi connectivity index (χ3n) is 9.63. The number of aliphatic hydroxyl groups is 1. The zero-order chi connectivity index (χ0) is 28.2. The summed E-state index contributed by atoms with van der Waals surface area (Å²) in [7, 11) is 0. The van der Waals surface area contributed by atoms with Crippen molar-refractivity contribution in [2.45, 2.75) is 178 Å². The SMILES string of the molecule is C.C.C.C.C.C.Cc1[c-]c(C)cc(C2CCC(O)CC2)c1.Cc1cc(C2CCC(CC3CCCC3)CC2)cc(C)c1C(F)(F)Br.[B].[Y]. The van der Waals surface area contributed by atoms with Crippen LogP contribution in [-0.2, 0) is 37.5 Å². The van der Waals surface area contributed by atoms with Gasteiger partial charge in [0, 0.05) is 46.7 Å². The Morgan fingerprint density at radius 1 is 0.660 bits per heavy atom. The van der Waals surface area contributed by atoms with Crippen molar-refractivity contribution in [2.75, 3.05) is 0 Å². The first-order valence-corrected chi connectivity index (χ1v) is 16.2. The first-order valence-electron chi connectivity index (χ1n) is 15.4. The Morgan fingerprint density at radius 3 is 1.43 bits per heavy atom. The third kappa shape index (κ3) is 16.7. The van der Waals surface area contributed by atoms with E-state index in [2.05, 4.69) is 48.0 Å². The van der Waals surface area contributed by atoms with Gasteiger partial charge in [0.2, 0.25) is 0 Å². The number of benzene rings is 2. The summed E-state index contributed by atoms with van der Waals surface area (Å²) >= 11 is 2.52. The average Bonchev–Trinajstić information content (AvgIpc) is 3.36. The van der Waals surface area contributed by atoms with Crippen molar-refractivity contribution < 1.29 is 46.6 Å². The summed E-state index contributed by atoms with van der Waals surface area (Å²) < 4.78 is 27.4. The Bertz CT molecular complexity index is 1040. The molecular weight excluding hydrogens is 726 g/mol. The molecule has 0 heterocycles. The minimum atomic E-state index is -2.93. The monoisotopic (exact) mass is 797 g/mol. The molecule has 0 amide bonds. The van der Waals surface area contributed by atoms with Gasteiger partial charge in [-0.15, -0.1) is 0 Å². The smallest absolute Gasteiger partial charge is 0.327 e. The Kier molecular flexibility index (Phi) is 30.9. The first-order chi connectivity index (χ1) is 18.5. The number of hydrogen-bond acceptors (Lipinski definition) is 1. The Labute approximate surface area is 328 Å². The Morgan fingerprint density at radius 2 is 1.02 bits per heavy atom. The molecule has 1 nitrogen and oxygen atoms in total. The van der Waals surface area contributed by atoms with Crippen LogP contribution >= 0.6 is 15.9 Å². The summed E-state index contributed by atoms with van der Waals surface area (Å²) in [6.45, 7) is 7.84. The molecule has 1 N–H and O–H groups in total. The summed E-state index contributed by atoms with van der Waals surface area (Å²) in [5, 5.41) is 9.48.